The first kappa shape index (κ1) is 11.4. The van der Waals surface area contributed by atoms with Gasteiger partial charge in [-0.3, -0.25) is 4.68 Å². The molecule has 0 atom stereocenters. The quantitative estimate of drug-likeness (QED) is 0.635. The van der Waals surface area contributed by atoms with Gasteiger partial charge < -0.3 is 0 Å². The highest BCUT2D eigenvalue weighted by Crippen LogP contribution is 2.39. The monoisotopic (exact) mass is 318 g/mol. The van der Waals surface area contributed by atoms with Gasteiger partial charge in [0.1, 0.15) is 0 Å². The molecule has 0 N–H and O–H groups in total. The topological polar surface area (TPSA) is 35.1 Å². The molecule has 0 spiro atoms. The fraction of sp³-hybridized carbons (Fsp3) is 0.0833. The minimum atomic E-state index is 0.630. The molecule has 1 aromatic carbocycles. The Hall–Kier alpha value is -1.71. The second-order valence-electron chi connectivity index (χ2n) is 3.79. The van der Waals surface area contributed by atoms with Gasteiger partial charge in [-0.25, -0.2) is 4.85 Å². The van der Waals surface area contributed by atoms with Gasteiger partial charge in [0, 0.05) is 23.4 Å². The second kappa shape index (κ2) is 4.19. The fourth-order valence-electron chi connectivity index (χ4n) is 1.95. The van der Waals surface area contributed by atoms with Gasteiger partial charge in [-0.2, -0.15) is 9.47 Å². The van der Waals surface area contributed by atoms with Gasteiger partial charge >= 0.3 is 0 Å². The highest BCUT2D eigenvalue weighted by atomic mass is 79.9. The van der Waals surface area contributed by atoms with Crippen LogP contribution in [-0.4, -0.2) is 14.2 Å². The van der Waals surface area contributed by atoms with Crippen LogP contribution >= 0.6 is 27.5 Å². The van der Waals surface area contributed by atoms with Crippen LogP contribution in [0.5, 0.6) is 0 Å². The molecule has 0 aliphatic rings. The Bertz CT molecular complexity index is 762. The summed E-state index contributed by atoms with van der Waals surface area (Å²) >= 11 is 4.84. The van der Waals surface area contributed by atoms with Gasteiger partial charge in [0.2, 0.25) is 5.69 Å². The van der Waals surface area contributed by atoms with Crippen molar-refractivity contribution in [2.45, 2.75) is 0 Å². The number of fused-ring (bicyclic) bond motifs is 1. The summed E-state index contributed by atoms with van der Waals surface area (Å²) < 4.78 is 6.91. The van der Waals surface area contributed by atoms with E-state index in [-0.39, 0.29) is 0 Å². The van der Waals surface area contributed by atoms with E-state index < -0.39 is 0 Å². The molecule has 0 aliphatic heterocycles. The normalized spacial score (nSPS) is 10.7. The maximum absolute atomic E-state index is 7.41. The third-order valence-corrected chi connectivity index (χ3v) is 4.00. The van der Waals surface area contributed by atoms with E-state index in [2.05, 4.69) is 30.2 Å². The molecule has 0 radical (unpaired) electrons. The molecule has 0 unspecified atom stereocenters. The summed E-state index contributed by atoms with van der Waals surface area (Å²) in [6, 6.07) is 3.87. The first-order valence-electron chi connectivity index (χ1n) is 5.15. The number of rotatable bonds is 1. The minimum absolute atomic E-state index is 0.630. The third-order valence-electron chi connectivity index (χ3n) is 2.78. The fourth-order valence-corrected chi connectivity index (χ4v) is 3.18. The molecular formula is C12H7BrN4S. The predicted molar refractivity (Wildman–Crippen MR) is 75.8 cm³/mol. The average Bonchev–Trinajstić information content (AvgIpc) is 2.95. The highest BCUT2D eigenvalue weighted by Gasteiger charge is 2.16. The zero-order chi connectivity index (χ0) is 12.7. The van der Waals surface area contributed by atoms with Crippen LogP contribution in [0.3, 0.4) is 0 Å². The van der Waals surface area contributed by atoms with Crippen molar-refractivity contribution in [1.82, 2.24) is 14.2 Å². The lowest BCUT2D eigenvalue weighted by Crippen LogP contribution is -1.94. The Morgan fingerprint density at radius 3 is 2.94 bits per heavy atom. The molecule has 3 aromatic rings. The van der Waals surface area contributed by atoms with Crippen molar-refractivity contribution in [2.24, 2.45) is 7.05 Å². The summed E-state index contributed by atoms with van der Waals surface area (Å²) in [6.45, 7) is 7.41. The number of hydrogen-bond donors (Lipinski definition) is 0. The summed E-state index contributed by atoms with van der Waals surface area (Å²) in [4.78, 5) is 3.66. The van der Waals surface area contributed by atoms with Gasteiger partial charge in [-0.1, -0.05) is 6.07 Å². The molecule has 0 fully saturated rings. The molecule has 0 saturated carbocycles. The molecule has 18 heavy (non-hydrogen) atoms. The number of nitrogens with zero attached hydrogens (tertiary/aromatic N) is 4. The predicted octanol–water partition coefficient (Wildman–Crippen LogP) is 4.01. The average molecular weight is 319 g/mol. The number of benzene rings is 1. The molecule has 0 amide bonds. The lowest BCUT2D eigenvalue weighted by Gasteiger charge is -2.06. The van der Waals surface area contributed by atoms with Crippen LogP contribution < -0.4 is 0 Å². The number of aryl methyl sites for hydroxylation is 1. The molecular weight excluding hydrogens is 312 g/mol. The van der Waals surface area contributed by atoms with E-state index in [1.165, 1.54) is 11.5 Å². The SMILES string of the molecule is [C-]#[N+]c1c(-c2c(Br)cnn2C)ccc2nscc12. The maximum atomic E-state index is 7.41. The number of aromatic nitrogens is 3. The van der Waals surface area contributed by atoms with Crippen molar-refractivity contribution in [2.75, 3.05) is 0 Å². The standard InChI is InChI=1S/C12H7BrN4S/c1-14-11-7(12-9(13)5-15-17(12)2)3-4-10-8(11)6-18-16-10/h3-6H,2H3. The zero-order valence-corrected chi connectivity index (χ0v) is 11.8. The van der Waals surface area contributed by atoms with Gasteiger partial charge in [-0.15, -0.1) is 0 Å². The van der Waals surface area contributed by atoms with E-state index in [9.17, 15) is 0 Å². The summed E-state index contributed by atoms with van der Waals surface area (Å²) in [7, 11) is 1.86. The Kier molecular flexibility index (Phi) is 2.65. The lowest BCUT2D eigenvalue weighted by molar-refractivity contribution is 0.776. The lowest BCUT2D eigenvalue weighted by atomic mass is 10.1. The van der Waals surface area contributed by atoms with Crippen molar-refractivity contribution in [3.05, 3.63) is 39.6 Å². The Balaban J connectivity index is 2.40. The Morgan fingerprint density at radius 1 is 1.44 bits per heavy atom. The Morgan fingerprint density at radius 2 is 2.28 bits per heavy atom. The zero-order valence-electron chi connectivity index (χ0n) is 9.38. The summed E-state index contributed by atoms with van der Waals surface area (Å²) in [5.41, 5.74) is 3.29. The second-order valence-corrected chi connectivity index (χ2v) is 5.27. The van der Waals surface area contributed by atoms with Crippen molar-refractivity contribution >= 4 is 44.1 Å². The molecule has 0 saturated heterocycles. The van der Waals surface area contributed by atoms with Crippen molar-refractivity contribution in [3.63, 3.8) is 0 Å². The van der Waals surface area contributed by atoms with E-state index in [0.717, 1.165) is 26.6 Å². The first-order chi connectivity index (χ1) is 8.72. The summed E-state index contributed by atoms with van der Waals surface area (Å²) in [6.07, 6.45) is 1.74. The molecule has 4 nitrogen and oxygen atoms in total. The van der Waals surface area contributed by atoms with Crippen LogP contribution in [-0.2, 0) is 7.05 Å². The van der Waals surface area contributed by atoms with Crippen molar-refractivity contribution < 1.29 is 0 Å². The van der Waals surface area contributed by atoms with Gasteiger partial charge in [0.05, 0.1) is 28.5 Å². The van der Waals surface area contributed by atoms with Crippen LogP contribution in [0.2, 0.25) is 0 Å². The van der Waals surface area contributed by atoms with E-state index in [0.29, 0.717) is 5.69 Å². The van der Waals surface area contributed by atoms with Gasteiger partial charge in [0.25, 0.3) is 0 Å². The van der Waals surface area contributed by atoms with E-state index >= 15 is 0 Å². The van der Waals surface area contributed by atoms with Crippen LogP contribution in [0.25, 0.3) is 27.0 Å². The summed E-state index contributed by atoms with van der Waals surface area (Å²) in [5, 5.41) is 7.01. The van der Waals surface area contributed by atoms with Crippen molar-refractivity contribution in [3.8, 4) is 11.3 Å². The molecule has 6 heteroatoms. The van der Waals surface area contributed by atoms with E-state index in [1.807, 2.05) is 24.6 Å². The molecule has 0 bridgehead atoms. The van der Waals surface area contributed by atoms with Crippen LogP contribution in [0.4, 0.5) is 5.69 Å². The largest absolute Gasteiger partial charge is 0.268 e. The van der Waals surface area contributed by atoms with Crippen LogP contribution in [0.15, 0.2) is 28.2 Å². The molecule has 3 rings (SSSR count). The van der Waals surface area contributed by atoms with Crippen molar-refractivity contribution in [1.29, 1.82) is 0 Å². The molecule has 88 valence electrons. The molecule has 0 aliphatic carbocycles. The first-order valence-corrected chi connectivity index (χ1v) is 6.77. The summed E-state index contributed by atoms with van der Waals surface area (Å²) in [5.74, 6) is 0. The molecule has 2 heterocycles. The van der Waals surface area contributed by atoms with E-state index in [1.54, 1.807) is 10.9 Å². The van der Waals surface area contributed by atoms with E-state index in [4.69, 9.17) is 6.57 Å². The maximum Gasteiger partial charge on any atom is 0.206 e. The molecule has 2 aromatic heterocycles. The van der Waals surface area contributed by atoms with Gasteiger partial charge in [-0.05, 0) is 33.5 Å². The van der Waals surface area contributed by atoms with Crippen LogP contribution in [0.1, 0.15) is 0 Å². The third kappa shape index (κ3) is 1.55. The number of halogens is 1. The smallest absolute Gasteiger partial charge is 0.206 e. The van der Waals surface area contributed by atoms with Gasteiger partial charge in [0.15, 0.2) is 0 Å². The highest BCUT2D eigenvalue weighted by molar-refractivity contribution is 9.10. The number of hydrogen-bond acceptors (Lipinski definition) is 3. The minimum Gasteiger partial charge on any atom is -0.268 e. The Labute approximate surface area is 116 Å². The van der Waals surface area contributed by atoms with Crippen LogP contribution in [0, 0.1) is 6.57 Å².